The molecule has 1 amide bonds. The minimum atomic E-state index is 0.170. The van der Waals surface area contributed by atoms with Gasteiger partial charge < -0.3 is 10.2 Å². The zero-order chi connectivity index (χ0) is 13.2. The largest absolute Gasteiger partial charge is 0.388 e. The number of nitrogens with zero attached hydrogens (tertiary/aromatic N) is 2. The maximum absolute atomic E-state index is 12.5. The SMILES string of the molecule is CNc1cccc(C(=O)N2CCN3CCCC3C2)c1. The summed E-state index contributed by atoms with van der Waals surface area (Å²) in [7, 11) is 1.88. The predicted molar refractivity (Wildman–Crippen MR) is 76.5 cm³/mol. The summed E-state index contributed by atoms with van der Waals surface area (Å²) in [5.74, 6) is 0.170. The summed E-state index contributed by atoms with van der Waals surface area (Å²) < 4.78 is 0. The Morgan fingerprint density at radius 1 is 1.32 bits per heavy atom. The van der Waals surface area contributed by atoms with Crippen LogP contribution in [0.25, 0.3) is 0 Å². The summed E-state index contributed by atoms with van der Waals surface area (Å²) in [5, 5.41) is 3.08. The predicted octanol–water partition coefficient (Wildman–Crippen LogP) is 1.65. The van der Waals surface area contributed by atoms with Crippen LogP contribution >= 0.6 is 0 Å². The number of hydrogen-bond acceptors (Lipinski definition) is 3. The van der Waals surface area contributed by atoms with Crippen molar-refractivity contribution in [1.29, 1.82) is 0 Å². The molecule has 3 rings (SSSR count). The lowest BCUT2D eigenvalue weighted by Crippen LogP contribution is -2.52. The standard InChI is InChI=1S/C15H21N3O/c1-16-13-5-2-4-12(10-13)15(19)18-9-8-17-7-3-6-14(17)11-18/h2,4-5,10,14,16H,3,6-9,11H2,1H3. The molecule has 0 bridgehead atoms. The van der Waals surface area contributed by atoms with Gasteiger partial charge in [0.25, 0.3) is 5.91 Å². The van der Waals surface area contributed by atoms with Crippen LogP contribution in [0.5, 0.6) is 0 Å². The van der Waals surface area contributed by atoms with Gasteiger partial charge >= 0.3 is 0 Å². The third-order valence-electron chi connectivity index (χ3n) is 4.27. The summed E-state index contributed by atoms with van der Waals surface area (Å²) in [5.41, 5.74) is 1.78. The van der Waals surface area contributed by atoms with Gasteiger partial charge in [0.1, 0.15) is 0 Å². The van der Waals surface area contributed by atoms with E-state index in [4.69, 9.17) is 0 Å². The molecule has 0 saturated carbocycles. The van der Waals surface area contributed by atoms with Crippen molar-refractivity contribution in [3.05, 3.63) is 29.8 Å². The van der Waals surface area contributed by atoms with Gasteiger partial charge in [-0.3, -0.25) is 9.69 Å². The van der Waals surface area contributed by atoms with Crippen LogP contribution in [0.15, 0.2) is 24.3 Å². The molecule has 2 heterocycles. The molecule has 1 unspecified atom stereocenters. The Bertz CT molecular complexity index is 474. The molecule has 2 saturated heterocycles. The second-order valence-electron chi connectivity index (χ2n) is 5.41. The van der Waals surface area contributed by atoms with E-state index in [1.807, 2.05) is 36.2 Å². The van der Waals surface area contributed by atoms with E-state index in [-0.39, 0.29) is 5.91 Å². The zero-order valence-corrected chi connectivity index (χ0v) is 11.4. The maximum Gasteiger partial charge on any atom is 0.254 e. The molecule has 19 heavy (non-hydrogen) atoms. The van der Waals surface area contributed by atoms with E-state index < -0.39 is 0 Å². The summed E-state index contributed by atoms with van der Waals surface area (Å²) >= 11 is 0. The number of fused-ring (bicyclic) bond motifs is 1. The number of carbonyl (C=O) groups is 1. The van der Waals surface area contributed by atoms with Crippen LogP contribution in [0.1, 0.15) is 23.2 Å². The van der Waals surface area contributed by atoms with Crippen LogP contribution in [-0.2, 0) is 0 Å². The molecule has 2 aliphatic rings. The molecular weight excluding hydrogens is 238 g/mol. The van der Waals surface area contributed by atoms with Crippen LogP contribution in [0.2, 0.25) is 0 Å². The lowest BCUT2D eigenvalue weighted by Gasteiger charge is -2.37. The molecule has 4 nitrogen and oxygen atoms in total. The molecule has 1 atom stereocenters. The molecule has 1 aromatic carbocycles. The van der Waals surface area contributed by atoms with E-state index in [1.165, 1.54) is 19.4 Å². The normalized spacial score (nSPS) is 23.2. The van der Waals surface area contributed by atoms with E-state index in [0.29, 0.717) is 6.04 Å². The molecule has 102 valence electrons. The smallest absolute Gasteiger partial charge is 0.254 e. The lowest BCUT2D eigenvalue weighted by molar-refractivity contribution is 0.0571. The average Bonchev–Trinajstić information content (AvgIpc) is 2.94. The van der Waals surface area contributed by atoms with Gasteiger partial charge in [0.2, 0.25) is 0 Å². The Balaban J connectivity index is 1.72. The average molecular weight is 259 g/mol. The van der Waals surface area contributed by atoms with Gasteiger partial charge in [0.05, 0.1) is 0 Å². The Labute approximate surface area is 114 Å². The molecule has 2 fully saturated rings. The summed E-state index contributed by atoms with van der Waals surface area (Å²) in [4.78, 5) is 17.1. The highest BCUT2D eigenvalue weighted by atomic mass is 16.2. The van der Waals surface area contributed by atoms with E-state index in [1.54, 1.807) is 0 Å². The number of piperazine rings is 1. The Kier molecular flexibility index (Phi) is 3.42. The molecule has 0 spiro atoms. The lowest BCUT2D eigenvalue weighted by atomic mass is 10.1. The van der Waals surface area contributed by atoms with Crippen LogP contribution in [0.3, 0.4) is 0 Å². The van der Waals surface area contributed by atoms with Crippen molar-refractivity contribution in [3.63, 3.8) is 0 Å². The zero-order valence-electron chi connectivity index (χ0n) is 11.4. The van der Waals surface area contributed by atoms with Crippen molar-refractivity contribution in [2.45, 2.75) is 18.9 Å². The summed E-state index contributed by atoms with van der Waals surface area (Å²) in [6.45, 7) is 3.99. The van der Waals surface area contributed by atoms with Crippen molar-refractivity contribution in [2.24, 2.45) is 0 Å². The first-order chi connectivity index (χ1) is 9.28. The first kappa shape index (κ1) is 12.5. The molecule has 1 aromatic rings. The number of anilines is 1. The summed E-state index contributed by atoms with van der Waals surface area (Å²) in [6, 6.07) is 8.34. The number of hydrogen-bond donors (Lipinski definition) is 1. The van der Waals surface area contributed by atoms with Crippen molar-refractivity contribution < 1.29 is 4.79 Å². The van der Waals surface area contributed by atoms with Gasteiger partial charge in [0, 0.05) is 44.0 Å². The molecule has 0 radical (unpaired) electrons. The highest BCUT2D eigenvalue weighted by Crippen LogP contribution is 2.23. The number of carbonyl (C=O) groups excluding carboxylic acids is 1. The maximum atomic E-state index is 12.5. The number of benzene rings is 1. The van der Waals surface area contributed by atoms with Gasteiger partial charge in [0.15, 0.2) is 0 Å². The number of amides is 1. The fourth-order valence-corrected chi connectivity index (χ4v) is 3.17. The van der Waals surface area contributed by atoms with Gasteiger partial charge in [-0.1, -0.05) is 6.07 Å². The van der Waals surface area contributed by atoms with Gasteiger partial charge in [-0.15, -0.1) is 0 Å². The molecular formula is C15H21N3O. The van der Waals surface area contributed by atoms with Crippen LogP contribution in [0, 0.1) is 0 Å². The topological polar surface area (TPSA) is 35.6 Å². The van der Waals surface area contributed by atoms with Crippen LogP contribution < -0.4 is 5.32 Å². The molecule has 0 aromatic heterocycles. The van der Waals surface area contributed by atoms with Crippen molar-refractivity contribution in [1.82, 2.24) is 9.80 Å². The number of nitrogens with one attached hydrogen (secondary N) is 1. The molecule has 2 aliphatic heterocycles. The monoisotopic (exact) mass is 259 g/mol. The quantitative estimate of drug-likeness (QED) is 0.877. The highest BCUT2D eigenvalue weighted by Gasteiger charge is 2.32. The van der Waals surface area contributed by atoms with Gasteiger partial charge in [-0.2, -0.15) is 0 Å². The highest BCUT2D eigenvalue weighted by molar-refractivity contribution is 5.95. The Morgan fingerprint density at radius 3 is 3.05 bits per heavy atom. The van der Waals surface area contributed by atoms with E-state index >= 15 is 0 Å². The second kappa shape index (κ2) is 5.21. The van der Waals surface area contributed by atoms with Crippen molar-refractivity contribution in [2.75, 3.05) is 38.5 Å². The minimum Gasteiger partial charge on any atom is -0.388 e. The van der Waals surface area contributed by atoms with Crippen LogP contribution in [0.4, 0.5) is 5.69 Å². The van der Waals surface area contributed by atoms with E-state index in [0.717, 1.165) is 30.9 Å². The Hall–Kier alpha value is -1.55. The summed E-state index contributed by atoms with van der Waals surface area (Å²) in [6.07, 6.45) is 2.52. The van der Waals surface area contributed by atoms with Crippen molar-refractivity contribution >= 4 is 11.6 Å². The van der Waals surface area contributed by atoms with Gasteiger partial charge in [-0.25, -0.2) is 0 Å². The fraction of sp³-hybridized carbons (Fsp3) is 0.533. The van der Waals surface area contributed by atoms with Crippen molar-refractivity contribution in [3.8, 4) is 0 Å². The van der Waals surface area contributed by atoms with Gasteiger partial charge in [-0.05, 0) is 37.6 Å². The third-order valence-corrected chi connectivity index (χ3v) is 4.27. The van der Waals surface area contributed by atoms with Crippen LogP contribution in [-0.4, -0.2) is 55.0 Å². The first-order valence-electron chi connectivity index (χ1n) is 7.09. The first-order valence-corrected chi connectivity index (χ1v) is 7.09. The van der Waals surface area contributed by atoms with E-state index in [2.05, 4.69) is 10.2 Å². The molecule has 0 aliphatic carbocycles. The number of rotatable bonds is 2. The van der Waals surface area contributed by atoms with E-state index in [9.17, 15) is 4.79 Å². The fourth-order valence-electron chi connectivity index (χ4n) is 3.17. The minimum absolute atomic E-state index is 0.170. The Morgan fingerprint density at radius 2 is 2.21 bits per heavy atom. The second-order valence-corrected chi connectivity index (χ2v) is 5.41. The molecule has 4 heteroatoms. The molecule has 1 N–H and O–H groups in total. The third kappa shape index (κ3) is 2.45.